The Kier molecular flexibility index (Phi) is 6.55. The van der Waals surface area contributed by atoms with Gasteiger partial charge >= 0.3 is 0 Å². The maximum atomic E-state index is 5.64. The average Bonchev–Trinajstić information content (AvgIpc) is 2.47. The second-order valence-corrected chi connectivity index (χ2v) is 9.31. The smallest absolute Gasteiger partial charge is 0.0966 e. The van der Waals surface area contributed by atoms with Crippen LogP contribution < -0.4 is 0 Å². The first-order valence-corrected chi connectivity index (χ1v) is 9.74. The summed E-state index contributed by atoms with van der Waals surface area (Å²) in [5.41, 5.74) is 0.737. The summed E-state index contributed by atoms with van der Waals surface area (Å²) in [4.78, 5) is 11.3. The van der Waals surface area contributed by atoms with Crippen LogP contribution in [0.3, 0.4) is 0 Å². The third-order valence-corrected chi connectivity index (χ3v) is 7.07. The summed E-state index contributed by atoms with van der Waals surface area (Å²) in [6, 6.07) is 0. The van der Waals surface area contributed by atoms with E-state index in [4.69, 9.17) is 14.8 Å². The summed E-state index contributed by atoms with van der Waals surface area (Å²) >= 11 is 0. The number of rotatable bonds is 6. The molecule has 23 heavy (non-hydrogen) atoms. The zero-order valence-corrected chi connectivity index (χ0v) is 16.2. The van der Waals surface area contributed by atoms with Crippen LogP contribution in [0.25, 0.3) is 0 Å². The molecule has 2 aliphatic carbocycles. The highest BCUT2D eigenvalue weighted by atomic mass is 17.5. The van der Waals surface area contributed by atoms with E-state index in [1.54, 1.807) is 0 Å². The van der Waals surface area contributed by atoms with Gasteiger partial charge in [-0.05, 0) is 61.2 Å². The molecule has 0 saturated heterocycles. The van der Waals surface area contributed by atoms with Gasteiger partial charge in [0, 0.05) is 0 Å². The van der Waals surface area contributed by atoms with Gasteiger partial charge in [-0.2, -0.15) is 0 Å². The van der Waals surface area contributed by atoms with Gasteiger partial charge in [0.15, 0.2) is 0 Å². The van der Waals surface area contributed by atoms with Gasteiger partial charge in [0.05, 0.1) is 12.2 Å². The molecular weight excluding hydrogens is 288 g/mol. The highest BCUT2D eigenvalue weighted by Gasteiger charge is 2.37. The van der Waals surface area contributed by atoms with Gasteiger partial charge in [-0.15, -0.1) is 0 Å². The van der Waals surface area contributed by atoms with Gasteiger partial charge in [-0.3, -0.25) is 0 Å². The Morgan fingerprint density at radius 1 is 0.739 bits per heavy atom. The highest BCUT2D eigenvalue weighted by Crippen LogP contribution is 2.44. The Morgan fingerprint density at radius 2 is 1.13 bits per heavy atom. The van der Waals surface area contributed by atoms with Crippen LogP contribution in [0.15, 0.2) is 0 Å². The highest BCUT2D eigenvalue weighted by molar-refractivity contribution is 4.86. The predicted molar refractivity (Wildman–Crippen MR) is 93.7 cm³/mol. The summed E-state index contributed by atoms with van der Waals surface area (Å²) in [5.74, 6) is 1.36. The molecule has 0 amide bonds. The van der Waals surface area contributed by atoms with Gasteiger partial charge in [0.1, 0.15) is 0 Å². The van der Waals surface area contributed by atoms with Crippen LogP contribution >= 0.6 is 0 Å². The van der Waals surface area contributed by atoms with E-state index in [2.05, 4.69) is 41.5 Å². The minimum absolute atomic E-state index is 0.177. The molecule has 0 aliphatic heterocycles. The zero-order chi connectivity index (χ0) is 17.1. The van der Waals surface area contributed by atoms with Crippen LogP contribution in [-0.4, -0.2) is 12.2 Å². The van der Waals surface area contributed by atoms with Gasteiger partial charge in [0.25, 0.3) is 0 Å². The lowest BCUT2D eigenvalue weighted by atomic mass is 9.68. The van der Waals surface area contributed by atoms with E-state index in [-0.39, 0.29) is 12.2 Å². The van der Waals surface area contributed by atoms with Gasteiger partial charge in [-0.1, -0.05) is 59.4 Å². The van der Waals surface area contributed by atoms with Gasteiger partial charge in [-0.25, -0.2) is 9.78 Å². The van der Waals surface area contributed by atoms with E-state index in [1.165, 1.54) is 25.7 Å². The summed E-state index contributed by atoms with van der Waals surface area (Å²) in [5, 5.41) is 5.26. The van der Waals surface area contributed by atoms with Crippen molar-refractivity contribution in [1.82, 2.24) is 0 Å². The minimum Gasteiger partial charge on any atom is -0.203 e. The molecule has 136 valence electrons. The van der Waals surface area contributed by atoms with Gasteiger partial charge < -0.3 is 0 Å². The molecule has 0 aromatic heterocycles. The summed E-state index contributed by atoms with van der Waals surface area (Å²) in [6.45, 7) is 14.0. The van der Waals surface area contributed by atoms with E-state index in [1.807, 2.05) is 0 Å². The molecule has 0 N–H and O–H groups in total. The molecule has 4 atom stereocenters. The van der Waals surface area contributed by atoms with Crippen molar-refractivity contribution < 1.29 is 14.8 Å². The fourth-order valence-electron chi connectivity index (χ4n) is 4.26. The summed E-state index contributed by atoms with van der Waals surface area (Å²) in [6.07, 6.45) is 9.69. The SMILES string of the molecule is CC(C)C1(C)CCCC(OOOC2CCCC(C)(C(C)C)C2)C1. The lowest BCUT2D eigenvalue weighted by molar-refractivity contribution is -0.544. The summed E-state index contributed by atoms with van der Waals surface area (Å²) < 4.78 is 0. The van der Waals surface area contributed by atoms with Gasteiger partial charge in [0.2, 0.25) is 0 Å². The first-order valence-electron chi connectivity index (χ1n) is 9.74. The monoisotopic (exact) mass is 326 g/mol. The first kappa shape index (κ1) is 19.2. The standard InChI is InChI=1S/C20H38O3/c1-15(2)19(5)11-7-9-17(13-19)21-23-22-18-10-8-12-20(6,14-18)16(3)4/h15-18H,7-14H2,1-6H3. The molecular formula is C20H38O3. The van der Waals surface area contributed by atoms with Crippen molar-refractivity contribution in [2.24, 2.45) is 22.7 Å². The normalized spacial score (nSPS) is 39.1. The lowest BCUT2D eigenvalue weighted by Gasteiger charge is -2.41. The lowest BCUT2D eigenvalue weighted by Crippen LogP contribution is -2.36. The predicted octanol–water partition coefficient (Wildman–Crippen LogP) is 6.08. The molecule has 3 nitrogen and oxygen atoms in total. The van der Waals surface area contributed by atoms with Crippen LogP contribution in [0.2, 0.25) is 0 Å². The molecule has 0 heterocycles. The third kappa shape index (κ3) is 4.93. The van der Waals surface area contributed by atoms with Crippen molar-refractivity contribution in [2.75, 3.05) is 0 Å². The molecule has 3 heteroatoms. The second-order valence-electron chi connectivity index (χ2n) is 9.31. The third-order valence-electron chi connectivity index (χ3n) is 7.07. The maximum absolute atomic E-state index is 5.64. The molecule has 0 spiro atoms. The van der Waals surface area contributed by atoms with Crippen molar-refractivity contribution in [3.8, 4) is 0 Å². The molecule has 0 aromatic carbocycles. The Balaban J connectivity index is 1.74. The quantitative estimate of drug-likeness (QED) is 0.437. The van der Waals surface area contributed by atoms with Crippen molar-refractivity contribution in [1.29, 1.82) is 0 Å². The topological polar surface area (TPSA) is 27.7 Å². The van der Waals surface area contributed by atoms with Crippen LogP contribution in [0.5, 0.6) is 0 Å². The van der Waals surface area contributed by atoms with E-state index in [0.29, 0.717) is 22.7 Å². The molecule has 2 aliphatic rings. The minimum atomic E-state index is 0.177. The maximum Gasteiger partial charge on any atom is 0.0966 e. The van der Waals surface area contributed by atoms with E-state index in [0.717, 1.165) is 25.7 Å². The Labute approximate surface area is 143 Å². The second kappa shape index (κ2) is 7.84. The molecule has 2 rings (SSSR count). The van der Waals surface area contributed by atoms with Crippen molar-refractivity contribution in [3.05, 3.63) is 0 Å². The number of hydrogen-bond donors (Lipinski definition) is 0. The van der Waals surface area contributed by atoms with Crippen LogP contribution in [-0.2, 0) is 14.8 Å². The number of hydrogen-bond acceptors (Lipinski definition) is 3. The van der Waals surface area contributed by atoms with Crippen molar-refractivity contribution in [3.63, 3.8) is 0 Å². The molecule has 0 bridgehead atoms. The van der Waals surface area contributed by atoms with Crippen LogP contribution in [0.4, 0.5) is 0 Å². The molecule has 0 radical (unpaired) electrons. The largest absolute Gasteiger partial charge is 0.203 e. The zero-order valence-electron chi connectivity index (χ0n) is 16.2. The fraction of sp³-hybridized carbons (Fsp3) is 1.00. The fourth-order valence-corrected chi connectivity index (χ4v) is 4.26. The molecule has 4 unspecified atom stereocenters. The molecule has 2 fully saturated rings. The van der Waals surface area contributed by atoms with Crippen molar-refractivity contribution in [2.45, 2.75) is 105 Å². The van der Waals surface area contributed by atoms with E-state index in [9.17, 15) is 0 Å². The van der Waals surface area contributed by atoms with Crippen LogP contribution in [0, 0.1) is 22.7 Å². The van der Waals surface area contributed by atoms with E-state index >= 15 is 0 Å². The van der Waals surface area contributed by atoms with Crippen LogP contribution in [0.1, 0.15) is 92.9 Å². The Morgan fingerprint density at radius 3 is 1.48 bits per heavy atom. The average molecular weight is 327 g/mol. The van der Waals surface area contributed by atoms with Crippen molar-refractivity contribution >= 4 is 0 Å². The molecule has 0 aromatic rings. The van der Waals surface area contributed by atoms with E-state index < -0.39 is 0 Å². The molecule has 2 saturated carbocycles. The first-order chi connectivity index (χ1) is 10.8. The summed E-state index contributed by atoms with van der Waals surface area (Å²) in [7, 11) is 0. The Bertz CT molecular complexity index is 334. The Hall–Kier alpha value is -0.120.